The molecule has 106 valence electrons. The summed E-state index contributed by atoms with van der Waals surface area (Å²) in [6, 6.07) is 5.17. The predicted octanol–water partition coefficient (Wildman–Crippen LogP) is 3.00. The highest BCUT2D eigenvalue weighted by atomic mass is 79.9. The van der Waals surface area contributed by atoms with Crippen molar-refractivity contribution in [2.45, 2.75) is 24.6 Å². The van der Waals surface area contributed by atoms with Crippen molar-refractivity contribution in [1.29, 1.82) is 0 Å². The molecule has 1 aromatic rings. The van der Waals surface area contributed by atoms with Crippen molar-refractivity contribution in [3.8, 4) is 11.5 Å². The van der Waals surface area contributed by atoms with Gasteiger partial charge in [-0.3, -0.25) is 4.79 Å². The molecule has 0 heterocycles. The van der Waals surface area contributed by atoms with E-state index in [4.69, 9.17) is 9.47 Å². The first-order valence-corrected chi connectivity index (χ1v) is 7.18. The molecule has 1 rings (SSSR count). The van der Waals surface area contributed by atoms with Crippen LogP contribution in [-0.4, -0.2) is 31.5 Å². The Bertz CT molecular complexity index is 423. The lowest BCUT2D eigenvalue weighted by Gasteiger charge is -2.13. The van der Waals surface area contributed by atoms with Gasteiger partial charge < -0.3 is 14.8 Å². The fraction of sp³-hybridized carbons (Fsp3) is 0.500. The van der Waals surface area contributed by atoms with E-state index in [1.54, 1.807) is 32.4 Å². The van der Waals surface area contributed by atoms with Crippen LogP contribution in [0.2, 0.25) is 0 Å². The van der Waals surface area contributed by atoms with E-state index in [0.717, 1.165) is 12.8 Å². The fourth-order valence-corrected chi connectivity index (χ4v) is 2.33. The van der Waals surface area contributed by atoms with Crippen LogP contribution in [0.15, 0.2) is 18.2 Å². The van der Waals surface area contributed by atoms with Crippen LogP contribution in [0, 0.1) is 0 Å². The Morgan fingerprint density at radius 1 is 1.37 bits per heavy atom. The summed E-state index contributed by atoms with van der Waals surface area (Å²) in [6.45, 7) is 2.70. The van der Waals surface area contributed by atoms with Crippen molar-refractivity contribution in [3.63, 3.8) is 0 Å². The monoisotopic (exact) mass is 329 g/mol. The second-order valence-electron chi connectivity index (χ2n) is 4.16. The zero-order chi connectivity index (χ0) is 14.3. The standard InChI is InChI=1S/C14H20BrNO3/c1-4-5-10(15)9-16-14(17)12-8-11(18-2)6-7-13(12)19-3/h6-8,10H,4-5,9H2,1-3H3,(H,16,17). The molecule has 1 atom stereocenters. The molecule has 4 nitrogen and oxygen atoms in total. The van der Waals surface area contributed by atoms with E-state index in [1.807, 2.05) is 0 Å². The molecule has 1 unspecified atom stereocenters. The SMILES string of the molecule is CCCC(Br)CNC(=O)c1cc(OC)ccc1OC. The minimum Gasteiger partial charge on any atom is -0.497 e. The van der Waals surface area contributed by atoms with E-state index in [9.17, 15) is 4.79 Å². The van der Waals surface area contributed by atoms with E-state index in [1.165, 1.54) is 0 Å². The van der Waals surface area contributed by atoms with Crippen LogP contribution < -0.4 is 14.8 Å². The second-order valence-corrected chi connectivity index (χ2v) is 5.46. The first kappa shape index (κ1) is 15.8. The van der Waals surface area contributed by atoms with Gasteiger partial charge in [-0.2, -0.15) is 0 Å². The maximum atomic E-state index is 12.1. The maximum Gasteiger partial charge on any atom is 0.255 e. The third kappa shape index (κ3) is 4.74. The Balaban J connectivity index is 2.74. The molecule has 0 aliphatic rings. The number of nitrogens with one attached hydrogen (secondary N) is 1. The van der Waals surface area contributed by atoms with E-state index in [0.29, 0.717) is 23.6 Å². The number of hydrogen-bond donors (Lipinski definition) is 1. The van der Waals surface area contributed by atoms with E-state index < -0.39 is 0 Å². The summed E-state index contributed by atoms with van der Waals surface area (Å²) >= 11 is 3.53. The smallest absolute Gasteiger partial charge is 0.255 e. The highest BCUT2D eigenvalue weighted by molar-refractivity contribution is 9.09. The number of carbonyl (C=O) groups excluding carboxylic acids is 1. The van der Waals surface area contributed by atoms with E-state index in [-0.39, 0.29) is 10.7 Å². The average molecular weight is 330 g/mol. The number of benzene rings is 1. The highest BCUT2D eigenvalue weighted by Crippen LogP contribution is 2.23. The normalized spacial score (nSPS) is 11.8. The molecule has 0 fully saturated rings. The summed E-state index contributed by atoms with van der Waals surface area (Å²) in [5.74, 6) is 1.02. The van der Waals surface area contributed by atoms with Crippen molar-refractivity contribution in [1.82, 2.24) is 5.32 Å². The first-order valence-electron chi connectivity index (χ1n) is 6.26. The Labute approximate surface area is 122 Å². The molecule has 1 amide bonds. The van der Waals surface area contributed by atoms with Crippen LogP contribution in [0.25, 0.3) is 0 Å². The van der Waals surface area contributed by atoms with Gasteiger partial charge in [-0.25, -0.2) is 0 Å². The van der Waals surface area contributed by atoms with Crippen LogP contribution in [0.3, 0.4) is 0 Å². The van der Waals surface area contributed by atoms with E-state index in [2.05, 4.69) is 28.2 Å². The predicted molar refractivity (Wildman–Crippen MR) is 79.5 cm³/mol. The minimum absolute atomic E-state index is 0.156. The quantitative estimate of drug-likeness (QED) is 0.782. The molecule has 0 aromatic heterocycles. The van der Waals surface area contributed by atoms with Crippen molar-refractivity contribution in [2.75, 3.05) is 20.8 Å². The highest BCUT2D eigenvalue weighted by Gasteiger charge is 2.14. The van der Waals surface area contributed by atoms with Crippen molar-refractivity contribution < 1.29 is 14.3 Å². The maximum absolute atomic E-state index is 12.1. The minimum atomic E-state index is -0.156. The molecule has 1 N–H and O–H groups in total. The molecule has 1 aromatic carbocycles. The summed E-state index contributed by atoms with van der Waals surface area (Å²) in [5, 5.41) is 2.89. The van der Waals surface area contributed by atoms with Gasteiger partial charge in [0.25, 0.3) is 5.91 Å². The number of amides is 1. The Morgan fingerprint density at radius 3 is 2.68 bits per heavy atom. The summed E-state index contributed by atoms with van der Waals surface area (Å²) in [7, 11) is 3.11. The van der Waals surface area contributed by atoms with Crippen LogP contribution in [-0.2, 0) is 0 Å². The van der Waals surface area contributed by atoms with Gasteiger partial charge in [0.1, 0.15) is 11.5 Å². The number of hydrogen-bond acceptors (Lipinski definition) is 3. The number of halogens is 1. The van der Waals surface area contributed by atoms with Crippen molar-refractivity contribution in [2.24, 2.45) is 0 Å². The first-order chi connectivity index (χ1) is 9.12. The van der Waals surface area contributed by atoms with Gasteiger partial charge in [-0.05, 0) is 24.6 Å². The van der Waals surface area contributed by atoms with Crippen LogP contribution >= 0.6 is 15.9 Å². The number of rotatable bonds is 7. The molecular formula is C14H20BrNO3. The second kappa shape index (κ2) is 8.04. The Morgan fingerprint density at radius 2 is 2.11 bits per heavy atom. The lowest BCUT2D eigenvalue weighted by Crippen LogP contribution is -2.29. The molecule has 0 radical (unpaired) electrons. The van der Waals surface area contributed by atoms with Gasteiger partial charge in [0.05, 0.1) is 19.8 Å². The van der Waals surface area contributed by atoms with Crippen LogP contribution in [0.1, 0.15) is 30.1 Å². The molecule has 0 saturated carbocycles. The molecule has 0 spiro atoms. The lowest BCUT2D eigenvalue weighted by atomic mass is 10.1. The zero-order valence-electron chi connectivity index (χ0n) is 11.5. The van der Waals surface area contributed by atoms with Gasteiger partial charge in [0.15, 0.2) is 0 Å². The van der Waals surface area contributed by atoms with Gasteiger partial charge in [-0.15, -0.1) is 0 Å². The Kier molecular flexibility index (Phi) is 6.70. The number of methoxy groups -OCH3 is 2. The molecule has 0 aliphatic carbocycles. The summed E-state index contributed by atoms with van der Waals surface area (Å²) in [6.07, 6.45) is 2.10. The van der Waals surface area contributed by atoms with Crippen molar-refractivity contribution in [3.05, 3.63) is 23.8 Å². The van der Waals surface area contributed by atoms with Crippen LogP contribution in [0.4, 0.5) is 0 Å². The fourth-order valence-electron chi connectivity index (χ4n) is 1.71. The summed E-state index contributed by atoms with van der Waals surface area (Å²) in [4.78, 5) is 12.4. The average Bonchev–Trinajstić information content (AvgIpc) is 2.44. The van der Waals surface area contributed by atoms with Gasteiger partial charge in [-0.1, -0.05) is 29.3 Å². The molecule has 0 bridgehead atoms. The number of carbonyl (C=O) groups is 1. The number of ether oxygens (including phenoxy) is 2. The zero-order valence-corrected chi connectivity index (χ0v) is 13.1. The van der Waals surface area contributed by atoms with Crippen molar-refractivity contribution >= 4 is 21.8 Å². The molecule has 5 heteroatoms. The van der Waals surface area contributed by atoms with Gasteiger partial charge in [0, 0.05) is 11.4 Å². The number of alkyl halides is 1. The summed E-state index contributed by atoms with van der Waals surface area (Å²) in [5.41, 5.74) is 0.484. The topological polar surface area (TPSA) is 47.6 Å². The summed E-state index contributed by atoms with van der Waals surface area (Å²) < 4.78 is 10.3. The third-order valence-corrected chi connectivity index (χ3v) is 3.52. The lowest BCUT2D eigenvalue weighted by molar-refractivity contribution is 0.0950. The van der Waals surface area contributed by atoms with Gasteiger partial charge >= 0.3 is 0 Å². The largest absolute Gasteiger partial charge is 0.497 e. The van der Waals surface area contributed by atoms with E-state index >= 15 is 0 Å². The molecule has 0 aliphatic heterocycles. The third-order valence-electron chi connectivity index (χ3n) is 2.74. The Hall–Kier alpha value is -1.23. The molecule has 0 saturated heterocycles. The van der Waals surface area contributed by atoms with Gasteiger partial charge in [0.2, 0.25) is 0 Å². The molecular weight excluding hydrogens is 310 g/mol. The molecule has 19 heavy (non-hydrogen) atoms. The van der Waals surface area contributed by atoms with Crippen LogP contribution in [0.5, 0.6) is 11.5 Å².